The molecule has 1 aliphatic rings. The average Bonchev–Trinajstić information content (AvgIpc) is 2.57. The van der Waals surface area contributed by atoms with Crippen molar-refractivity contribution in [1.29, 1.82) is 0 Å². The van der Waals surface area contributed by atoms with Gasteiger partial charge in [-0.15, -0.1) is 0 Å². The summed E-state index contributed by atoms with van der Waals surface area (Å²) in [5, 5.41) is 20.1. The second-order valence-corrected chi connectivity index (χ2v) is 8.44. The van der Waals surface area contributed by atoms with Crippen LogP contribution in [0.15, 0.2) is 48.5 Å². The normalized spacial score (nSPS) is 18.2. The first-order valence-corrected chi connectivity index (χ1v) is 9.00. The number of benzene rings is 2. The van der Waals surface area contributed by atoms with E-state index in [2.05, 4.69) is 27.7 Å². The second-order valence-electron chi connectivity index (χ2n) is 8.44. The number of rotatable bonds is 3. The van der Waals surface area contributed by atoms with Gasteiger partial charge in [-0.2, -0.15) is 0 Å². The highest BCUT2D eigenvalue weighted by Gasteiger charge is 2.38. The molecule has 0 saturated heterocycles. The van der Waals surface area contributed by atoms with Crippen molar-refractivity contribution in [2.45, 2.75) is 51.4 Å². The van der Waals surface area contributed by atoms with Crippen LogP contribution in [0.3, 0.4) is 0 Å². The summed E-state index contributed by atoms with van der Waals surface area (Å²) in [4.78, 5) is 11.4. The number of aromatic hydroxyl groups is 1. The maximum Gasteiger partial charge on any atom is 0.328 e. The van der Waals surface area contributed by atoms with Crippen molar-refractivity contribution in [3.8, 4) is 5.75 Å². The molecule has 0 unspecified atom stereocenters. The van der Waals surface area contributed by atoms with Gasteiger partial charge in [-0.1, -0.05) is 58.0 Å². The summed E-state index contributed by atoms with van der Waals surface area (Å²) >= 11 is 0. The van der Waals surface area contributed by atoms with Crippen LogP contribution in [0.2, 0.25) is 0 Å². The number of carbonyl (C=O) groups is 1. The van der Waals surface area contributed by atoms with Crippen LogP contribution in [0.25, 0.3) is 5.57 Å². The van der Waals surface area contributed by atoms with Gasteiger partial charge in [0.25, 0.3) is 0 Å². The third kappa shape index (κ3) is 3.26. The van der Waals surface area contributed by atoms with E-state index in [1.807, 2.05) is 42.5 Å². The van der Waals surface area contributed by atoms with Crippen LogP contribution in [0.5, 0.6) is 5.75 Å². The van der Waals surface area contributed by atoms with Gasteiger partial charge in [0, 0.05) is 11.6 Å². The molecule has 26 heavy (non-hydrogen) atoms. The van der Waals surface area contributed by atoms with Gasteiger partial charge in [-0.25, -0.2) is 4.79 Å². The van der Waals surface area contributed by atoms with Gasteiger partial charge in [0.2, 0.25) is 0 Å². The monoisotopic (exact) mass is 350 g/mol. The fraction of sp³-hybridized carbons (Fsp3) is 0.348. The summed E-state index contributed by atoms with van der Waals surface area (Å²) in [6.07, 6.45) is 3.29. The molecule has 0 saturated carbocycles. The van der Waals surface area contributed by atoms with E-state index in [1.54, 1.807) is 0 Å². The van der Waals surface area contributed by atoms with E-state index in [9.17, 15) is 15.0 Å². The number of phenolic OH excluding ortho intramolecular Hbond substituents is 1. The first-order chi connectivity index (χ1) is 12.1. The highest BCUT2D eigenvalue weighted by molar-refractivity contribution is 5.96. The Morgan fingerprint density at radius 1 is 0.962 bits per heavy atom. The molecule has 0 bridgehead atoms. The molecule has 0 amide bonds. The summed E-state index contributed by atoms with van der Waals surface area (Å²) in [7, 11) is 0. The zero-order valence-electron chi connectivity index (χ0n) is 15.8. The van der Waals surface area contributed by atoms with E-state index in [4.69, 9.17) is 0 Å². The summed E-state index contributed by atoms with van der Waals surface area (Å²) in [6, 6.07) is 13.2. The number of hydrogen-bond acceptors (Lipinski definition) is 2. The lowest BCUT2D eigenvalue weighted by Crippen LogP contribution is -2.33. The molecule has 136 valence electrons. The van der Waals surface area contributed by atoms with E-state index in [0.717, 1.165) is 24.0 Å². The lowest BCUT2D eigenvalue weighted by Gasteiger charge is -2.42. The van der Waals surface area contributed by atoms with Crippen LogP contribution >= 0.6 is 0 Å². The predicted octanol–water partition coefficient (Wildman–Crippen LogP) is 5.26. The van der Waals surface area contributed by atoms with Crippen molar-refractivity contribution in [3.63, 3.8) is 0 Å². The Balaban J connectivity index is 2.27. The molecule has 0 atom stereocenters. The predicted molar refractivity (Wildman–Crippen MR) is 105 cm³/mol. The van der Waals surface area contributed by atoms with E-state index in [-0.39, 0.29) is 16.6 Å². The lowest BCUT2D eigenvalue weighted by atomic mass is 9.62. The van der Waals surface area contributed by atoms with E-state index in [1.165, 1.54) is 11.6 Å². The summed E-state index contributed by atoms with van der Waals surface area (Å²) in [6.45, 7) is 8.83. The molecule has 2 aromatic carbocycles. The highest BCUT2D eigenvalue weighted by atomic mass is 16.4. The fourth-order valence-electron chi connectivity index (χ4n) is 3.88. The van der Waals surface area contributed by atoms with Crippen LogP contribution in [0.4, 0.5) is 0 Å². The number of fused-ring (bicyclic) bond motifs is 1. The van der Waals surface area contributed by atoms with E-state index < -0.39 is 5.97 Å². The molecule has 0 aromatic heterocycles. The minimum absolute atomic E-state index is 0.00964. The number of carboxylic acid groups (broad SMARTS) is 1. The molecule has 0 spiro atoms. The number of aliphatic carboxylic acids is 1. The van der Waals surface area contributed by atoms with Crippen LogP contribution in [0, 0.1) is 0 Å². The number of phenols is 1. The van der Waals surface area contributed by atoms with Crippen molar-refractivity contribution in [3.05, 3.63) is 70.8 Å². The quantitative estimate of drug-likeness (QED) is 0.743. The average molecular weight is 350 g/mol. The van der Waals surface area contributed by atoms with Crippen LogP contribution in [-0.2, 0) is 15.6 Å². The summed E-state index contributed by atoms with van der Waals surface area (Å²) in [5.41, 5.74) is 4.19. The van der Waals surface area contributed by atoms with Crippen molar-refractivity contribution in [2.75, 3.05) is 0 Å². The molecular weight excluding hydrogens is 324 g/mol. The van der Waals surface area contributed by atoms with Gasteiger partial charge in [0.1, 0.15) is 5.75 Å². The first kappa shape index (κ1) is 18.2. The number of carboxylic acids is 1. The van der Waals surface area contributed by atoms with Crippen molar-refractivity contribution in [2.24, 2.45) is 0 Å². The third-order valence-electron chi connectivity index (χ3n) is 5.61. The van der Waals surface area contributed by atoms with Crippen LogP contribution in [0.1, 0.15) is 62.8 Å². The Labute approximate surface area is 155 Å². The third-order valence-corrected chi connectivity index (χ3v) is 5.61. The van der Waals surface area contributed by atoms with Gasteiger partial charge >= 0.3 is 5.97 Å². The van der Waals surface area contributed by atoms with Gasteiger partial charge in [-0.3, -0.25) is 0 Å². The second kappa shape index (κ2) is 6.31. The molecule has 0 aliphatic heterocycles. The Morgan fingerprint density at radius 3 is 2.04 bits per heavy atom. The number of hydrogen-bond donors (Lipinski definition) is 2. The highest BCUT2D eigenvalue weighted by Crippen LogP contribution is 2.48. The molecule has 1 aliphatic carbocycles. The molecule has 0 radical (unpaired) electrons. The maximum absolute atomic E-state index is 11.4. The largest absolute Gasteiger partial charge is 0.507 e. The topological polar surface area (TPSA) is 57.5 Å². The van der Waals surface area contributed by atoms with Gasteiger partial charge in [0.05, 0.1) is 0 Å². The van der Waals surface area contributed by atoms with Crippen molar-refractivity contribution >= 4 is 11.5 Å². The zero-order chi connectivity index (χ0) is 19.1. The minimum atomic E-state index is -1.03. The van der Waals surface area contributed by atoms with Gasteiger partial charge < -0.3 is 10.2 Å². The standard InChI is InChI=1S/C23H26O3/c1-22(2)10-11-23(3,4)19-14-20(24)17(12-18(19)22)16(13-21(25)26)15-8-6-5-7-9-15/h5-9,12-14,24H,10-11H2,1-4H3,(H,25,26). The summed E-state index contributed by atoms with van der Waals surface area (Å²) in [5.74, 6) is -0.897. The lowest BCUT2D eigenvalue weighted by molar-refractivity contribution is -0.131. The fourth-order valence-corrected chi connectivity index (χ4v) is 3.88. The molecule has 2 aromatic rings. The van der Waals surface area contributed by atoms with E-state index in [0.29, 0.717) is 11.1 Å². The first-order valence-electron chi connectivity index (χ1n) is 9.00. The summed E-state index contributed by atoms with van der Waals surface area (Å²) < 4.78 is 0. The molecule has 3 heteroatoms. The smallest absolute Gasteiger partial charge is 0.328 e. The van der Waals surface area contributed by atoms with Crippen molar-refractivity contribution < 1.29 is 15.0 Å². The molecule has 0 heterocycles. The Morgan fingerprint density at radius 2 is 1.50 bits per heavy atom. The zero-order valence-corrected chi connectivity index (χ0v) is 15.8. The Kier molecular flexibility index (Phi) is 4.43. The molecule has 3 nitrogen and oxygen atoms in total. The minimum Gasteiger partial charge on any atom is -0.507 e. The van der Waals surface area contributed by atoms with Gasteiger partial charge in [-0.05, 0) is 58.1 Å². The molecular formula is C23H26O3. The van der Waals surface area contributed by atoms with E-state index >= 15 is 0 Å². The molecule has 3 rings (SSSR count). The van der Waals surface area contributed by atoms with Crippen LogP contribution < -0.4 is 0 Å². The molecule has 2 N–H and O–H groups in total. The maximum atomic E-state index is 11.4. The van der Waals surface area contributed by atoms with Crippen molar-refractivity contribution in [1.82, 2.24) is 0 Å². The SMILES string of the molecule is CC1(C)CCC(C)(C)c2cc(C(=CC(=O)O)c3ccccc3)c(O)cc21. The van der Waals surface area contributed by atoms with Gasteiger partial charge in [0.15, 0.2) is 0 Å². The molecule has 0 fully saturated rings. The Bertz CT molecular complexity index is 874. The van der Waals surface area contributed by atoms with Crippen LogP contribution in [-0.4, -0.2) is 16.2 Å². The Hall–Kier alpha value is -2.55.